The van der Waals surface area contributed by atoms with Crippen molar-refractivity contribution in [1.29, 1.82) is 0 Å². The molecule has 0 spiro atoms. The fraction of sp³-hybridized carbons (Fsp3) is 0.909. The van der Waals surface area contributed by atoms with Crippen LogP contribution in [0.25, 0.3) is 0 Å². The van der Waals surface area contributed by atoms with Crippen molar-refractivity contribution >= 4 is 0 Å². The smallest absolute Gasteiger partial charge is 0.0303 e. The molecule has 1 atom stereocenters. The molecule has 0 fully saturated rings. The maximum atomic E-state index is 3.94. The van der Waals surface area contributed by atoms with E-state index in [0.29, 0.717) is 5.41 Å². The Morgan fingerprint density at radius 1 is 1.27 bits per heavy atom. The highest BCUT2D eigenvalue weighted by atomic mass is 14.3. The molecular formula is C11H23. The molecule has 0 saturated heterocycles. The van der Waals surface area contributed by atoms with Crippen molar-refractivity contribution in [2.75, 3.05) is 0 Å². The van der Waals surface area contributed by atoms with Crippen LogP contribution < -0.4 is 0 Å². The minimum atomic E-state index is 0.538. The Hall–Kier alpha value is 0. The molecule has 0 aromatic carbocycles. The molecule has 0 saturated carbocycles. The Morgan fingerprint density at radius 3 is 2.09 bits per heavy atom. The molecule has 1 radical (unpaired) electrons. The zero-order chi connectivity index (χ0) is 8.91. The van der Waals surface area contributed by atoms with Crippen LogP contribution in [0, 0.1) is 18.3 Å². The lowest BCUT2D eigenvalue weighted by atomic mass is 9.72. The molecule has 0 heterocycles. The van der Waals surface area contributed by atoms with Gasteiger partial charge < -0.3 is 0 Å². The molecule has 0 aliphatic heterocycles. The van der Waals surface area contributed by atoms with Crippen LogP contribution in [0.1, 0.15) is 53.4 Å². The minimum Gasteiger partial charge on any atom is -0.0654 e. The molecule has 0 N–H and O–H groups in total. The predicted octanol–water partition coefficient (Wildman–Crippen LogP) is 4.06. The second-order valence-electron chi connectivity index (χ2n) is 4.16. The summed E-state index contributed by atoms with van der Waals surface area (Å²) in [6.45, 7) is 13.2. The Morgan fingerprint density at radius 2 is 1.82 bits per heavy atom. The molecule has 11 heavy (non-hydrogen) atoms. The quantitative estimate of drug-likeness (QED) is 0.561. The third-order valence-corrected chi connectivity index (χ3v) is 2.96. The van der Waals surface area contributed by atoms with Crippen molar-refractivity contribution < 1.29 is 0 Å². The molecule has 67 valence electrons. The lowest BCUT2D eigenvalue weighted by Gasteiger charge is -2.33. The van der Waals surface area contributed by atoms with Gasteiger partial charge in [0.15, 0.2) is 0 Å². The molecule has 0 aromatic heterocycles. The van der Waals surface area contributed by atoms with Crippen molar-refractivity contribution in [2.45, 2.75) is 53.4 Å². The van der Waals surface area contributed by atoms with Crippen LogP contribution in [0.5, 0.6) is 0 Å². The first-order valence-corrected chi connectivity index (χ1v) is 4.86. The van der Waals surface area contributed by atoms with E-state index in [-0.39, 0.29) is 0 Å². The molecule has 0 heteroatoms. The van der Waals surface area contributed by atoms with E-state index in [1.807, 2.05) is 0 Å². The van der Waals surface area contributed by atoms with Crippen LogP contribution in [-0.2, 0) is 0 Å². The van der Waals surface area contributed by atoms with Gasteiger partial charge in [-0.15, -0.1) is 0 Å². The summed E-state index contributed by atoms with van der Waals surface area (Å²) in [5.41, 5.74) is 0.538. The van der Waals surface area contributed by atoms with Crippen LogP contribution in [-0.4, -0.2) is 0 Å². The standard InChI is InChI=1S/C11H23/c1-6-8-11(5,9-7-2)10(3)4/h10H,1,6-9H2,2-5H3. The van der Waals surface area contributed by atoms with Gasteiger partial charge in [-0.1, -0.05) is 47.5 Å². The normalized spacial score (nSPS) is 12.5. The van der Waals surface area contributed by atoms with Crippen molar-refractivity contribution in [3.63, 3.8) is 0 Å². The molecular weight excluding hydrogens is 132 g/mol. The average molecular weight is 155 g/mol. The molecule has 0 rings (SSSR count). The summed E-state index contributed by atoms with van der Waals surface area (Å²) in [4.78, 5) is 0. The summed E-state index contributed by atoms with van der Waals surface area (Å²) in [7, 11) is 0. The van der Waals surface area contributed by atoms with Gasteiger partial charge in [0, 0.05) is 0 Å². The van der Waals surface area contributed by atoms with Crippen molar-refractivity contribution in [2.24, 2.45) is 11.3 Å². The van der Waals surface area contributed by atoms with E-state index < -0.39 is 0 Å². The van der Waals surface area contributed by atoms with Gasteiger partial charge in [0.05, 0.1) is 0 Å². The first-order valence-electron chi connectivity index (χ1n) is 4.86. The summed E-state index contributed by atoms with van der Waals surface area (Å²) in [6.07, 6.45) is 5.00. The van der Waals surface area contributed by atoms with Gasteiger partial charge in [0.25, 0.3) is 0 Å². The Bertz CT molecular complexity index is 86.2. The topological polar surface area (TPSA) is 0 Å². The fourth-order valence-electron chi connectivity index (χ4n) is 1.68. The van der Waals surface area contributed by atoms with E-state index >= 15 is 0 Å². The summed E-state index contributed by atoms with van der Waals surface area (Å²) in [5.74, 6) is 0.796. The summed E-state index contributed by atoms with van der Waals surface area (Å²) < 4.78 is 0. The lowest BCUT2D eigenvalue weighted by Crippen LogP contribution is -2.22. The SMILES string of the molecule is [CH2]CCC(C)(CCC)C(C)C. The Balaban J connectivity index is 4.01. The maximum Gasteiger partial charge on any atom is -0.0303 e. The predicted molar refractivity (Wildman–Crippen MR) is 52.4 cm³/mol. The second-order valence-corrected chi connectivity index (χ2v) is 4.16. The summed E-state index contributed by atoms with van der Waals surface area (Å²) in [6, 6.07) is 0. The van der Waals surface area contributed by atoms with Crippen LogP contribution in [0.2, 0.25) is 0 Å². The van der Waals surface area contributed by atoms with E-state index in [1.165, 1.54) is 19.3 Å². The summed E-state index contributed by atoms with van der Waals surface area (Å²) >= 11 is 0. The van der Waals surface area contributed by atoms with Gasteiger partial charge in [-0.3, -0.25) is 0 Å². The van der Waals surface area contributed by atoms with Crippen LogP contribution in [0.3, 0.4) is 0 Å². The molecule has 0 amide bonds. The van der Waals surface area contributed by atoms with Crippen molar-refractivity contribution in [1.82, 2.24) is 0 Å². The van der Waals surface area contributed by atoms with Crippen LogP contribution >= 0.6 is 0 Å². The fourth-order valence-corrected chi connectivity index (χ4v) is 1.68. The van der Waals surface area contributed by atoms with Gasteiger partial charge in [-0.25, -0.2) is 0 Å². The van der Waals surface area contributed by atoms with Gasteiger partial charge >= 0.3 is 0 Å². The lowest BCUT2D eigenvalue weighted by molar-refractivity contribution is 0.181. The maximum absolute atomic E-state index is 3.94. The first kappa shape index (κ1) is 11.0. The largest absolute Gasteiger partial charge is 0.0654 e. The summed E-state index contributed by atoms with van der Waals surface area (Å²) in [5, 5.41) is 0. The molecule has 0 aliphatic carbocycles. The molecule has 0 bridgehead atoms. The van der Waals surface area contributed by atoms with Crippen molar-refractivity contribution in [3.8, 4) is 0 Å². The number of hydrogen-bond acceptors (Lipinski definition) is 0. The van der Waals surface area contributed by atoms with Gasteiger partial charge in [-0.05, 0) is 24.2 Å². The van der Waals surface area contributed by atoms with Crippen LogP contribution in [0.4, 0.5) is 0 Å². The third kappa shape index (κ3) is 3.27. The van der Waals surface area contributed by atoms with Gasteiger partial charge in [-0.2, -0.15) is 0 Å². The van der Waals surface area contributed by atoms with E-state index in [4.69, 9.17) is 0 Å². The minimum absolute atomic E-state index is 0.538. The van der Waals surface area contributed by atoms with Crippen molar-refractivity contribution in [3.05, 3.63) is 6.92 Å². The number of rotatable bonds is 5. The molecule has 0 nitrogen and oxygen atoms in total. The number of hydrogen-bond donors (Lipinski definition) is 0. The zero-order valence-corrected chi connectivity index (χ0v) is 8.61. The first-order chi connectivity index (χ1) is 5.06. The van der Waals surface area contributed by atoms with Gasteiger partial charge in [0.1, 0.15) is 0 Å². The molecule has 0 aliphatic rings. The molecule has 1 unspecified atom stereocenters. The Kier molecular flexibility index (Phi) is 4.79. The highest BCUT2D eigenvalue weighted by molar-refractivity contribution is 4.77. The van der Waals surface area contributed by atoms with E-state index in [9.17, 15) is 0 Å². The third-order valence-electron chi connectivity index (χ3n) is 2.96. The van der Waals surface area contributed by atoms with E-state index in [1.54, 1.807) is 0 Å². The highest BCUT2D eigenvalue weighted by Gasteiger charge is 2.25. The Labute approximate surface area is 72.4 Å². The second kappa shape index (κ2) is 4.79. The van der Waals surface area contributed by atoms with E-state index in [0.717, 1.165) is 12.3 Å². The van der Waals surface area contributed by atoms with Crippen LogP contribution in [0.15, 0.2) is 0 Å². The molecule has 0 aromatic rings. The average Bonchev–Trinajstić information content (AvgIpc) is 1.88. The van der Waals surface area contributed by atoms with Gasteiger partial charge in [0.2, 0.25) is 0 Å². The van der Waals surface area contributed by atoms with E-state index in [2.05, 4.69) is 34.6 Å². The zero-order valence-electron chi connectivity index (χ0n) is 8.61. The highest BCUT2D eigenvalue weighted by Crippen LogP contribution is 2.36. The monoisotopic (exact) mass is 155 g/mol.